The molecule has 0 saturated carbocycles. The van der Waals surface area contributed by atoms with Gasteiger partial charge in [0, 0.05) is 39.3 Å². The molecule has 0 spiro atoms. The predicted molar refractivity (Wildman–Crippen MR) is 221 cm³/mol. The van der Waals surface area contributed by atoms with Crippen LogP contribution >= 0.6 is 0 Å². The van der Waals surface area contributed by atoms with Crippen molar-refractivity contribution < 1.29 is 44.8 Å². The molecule has 11 nitrogen and oxygen atoms in total. The van der Waals surface area contributed by atoms with Crippen molar-refractivity contribution in [2.75, 3.05) is 39.3 Å². The normalized spacial score (nSPS) is 31.2. The van der Waals surface area contributed by atoms with E-state index in [1.54, 1.807) is 0 Å². The largest absolute Gasteiger partial charge is 0.388 e. The molecule has 2 heterocycles. The fourth-order valence-electron chi connectivity index (χ4n) is 8.58. The van der Waals surface area contributed by atoms with Crippen molar-refractivity contribution in [2.24, 2.45) is 23.7 Å². The number of nitrogens with zero attached hydrogens (tertiary/aromatic N) is 2. The van der Waals surface area contributed by atoms with Crippen LogP contribution in [-0.4, -0.2) is 141 Å². The highest BCUT2D eigenvalue weighted by molar-refractivity contribution is 4.94. The molecule has 0 aromatic heterocycles. The Morgan fingerprint density at radius 1 is 0.418 bits per heavy atom. The minimum atomic E-state index is -1.62. The third kappa shape index (κ3) is 17.0. The summed E-state index contributed by atoms with van der Waals surface area (Å²) in [6, 6.07) is 0. The van der Waals surface area contributed by atoms with E-state index in [9.17, 15) is 30.6 Å². The molecule has 2 aliphatic heterocycles. The van der Waals surface area contributed by atoms with Crippen molar-refractivity contribution >= 4 is 0 Å². The van der Waals surface area contributed by atoms with Crippen LogP contribution in [0.4, 0.5) is 0 Å². The molecule has 0 bridgehead atoms. The molecular weight excluding hydrogens is 700 g/mol. The zero-order valence-corrected chi connectivity index (χ0v) is 36.4. The van der Waals surface area contributed by atoms with Gasteiger partial charge in [-0.2, -0.15) is 0 Å². The maximum absolute atomic E-state index is 11.2. The van der Waals surface area contributed by atoms with Gasteiger partial charge in [0.1, 0.15) is 48.8 Å². The van der Waals surface area contributed by atoms with Crippen LogP contribution in [-0.2, 0) is 14.2 Å². The number of aliphatic hydroxyl groups excluding tert-OH is 6. The van der Waals surface area contributed by atoms with E-state index in [1.807, 2.05) is 0 Å². The molecule has 2 aliphatic rings. The van der Waals surface area contributed by atoms with Gasteiger partial charge in [-0.15, -0.1) is 0 Å². The molecule has 4 unspecified atom stereocenters. The quantitative estimate of drug-likeness (QED) is 0.0501. The summed E-state index contributed by atoms with van der Waals surface area (Å²) in [7, 11) is 0. The van der Waals surface area contributed by atoms with E-state index >= 15 is 0 Å². The molecule has 11 heteroatoms. The molecule has 0 radical (unpaired) electrons. The fraction of sp³-hybridized carbons (Fsp3) is 1.00. The summed E-state index contributed by atoms with van der Waals surface area (Å²) in [5.41, 5.74) is 0. The van der Waals surface area contributed by atoms with Gasteiger partial charge in [0.2, 0.25) is 0 Å². The Bertz CT molecular complexity index is 843. The zero-order chi connectivity index (χ0) is 40.9. The smallest absolute Gasteiger partial charge is 0.189 e. The van der Waals surface area contributed by atoms with E-state index in [0.717, 1.165) is 129 Å². The number of ether oxygens (including phenoxy) is 3. The fourth-order valence-corrected chi connectivity index (χ4v) is 8.58. The molecule has 14 atom stereocenters. The van der Waals surface area contributed by atoms with E-state index in [4.69, 9.17) is 14.2 Å². The van der Waals surface area contributed by atoms with Crippen LogP contribution in [0.15, 0.2) is 0 Å². The molecule has 2 fully saturated rings. The van der Waals surface area contributed by atoms with Crippen LogP contribution in [0.2, 0.25) is 0 Å². The van der Waals surface area contributed by atoms with Gasteiger partial charge in [-0.1, -0.05) is 132 Å². The molecule has 2 rings (SSSR count). The Kier molecular flexibility index (Phi) is 25.9. The lowest BCUT2D eigenvalue weighted by atomic mass is 9.93. The second kappa shape index (κ2) is 28.1. The summed E-state index contributed by atoms with van der Waals surface area (Å²) in [6.45, 7) is 21.8. The molecule has 0 aromatic rings. The first-order valence-corrected chi connectivity index (χ1v) is 22.9. The van der Waals surface area contributed by atoms with Crippen LogP contribution in [0.25, 0.3) is 0 Å². The predicted octanol–water partition coefficient (Wildman–Crippen LogP) is 6.09. The monoisotopic (exact) mass is 789 g/mol. The topological polar surface area (TPSA) is 156 Å². The van der Waals surface area contributed by atoms with Gasteiger partial charge in [-0.05, 0) is 49.4 Å². The average Bonchev–Trinajstić information content (AvgIpc) is 3.19. The average molecular weight is 789 g/mol. The Hall–Kier alpha value is -0.440. The van der Waals surface area contributed by atoms with Crippen molar-refractivity contribution in [2.45, 2.75) is 220 Å². The standard InChI is InChI=1S/C44H88N2O9/c1-9-17-21-31(13-5)25-45(26-32(14-6)22-18-10-2)29-35-37(47)39(49)41(51)43(53-35)55-44-42(52)40(50)38(48)36(54-44)30-46(27-33(15-7)23-19-11-3)28-34(16-8)24-20-12-4/h31-44,47-52H,9-30H2,1-8H3/t31?,32?,33?,34?,35-,36-,37-,38-,39+,40+,41-,42-,43-,44-/m1/s1. The van der Waals surface area contributed by atoms with Gasteiger partial charge in [-0.3, -0.25) is 0 Å². The third-order valence-corrected chi connectivity index (χ3v) is 12.7. The molecule has 6 N–H and O–H groups in total. The van der Waals surface area contributed by atoms with Crippen LogP contribution in [0.1, 0.15) is 158 Å². The number of unbranched alkanes of at least 4 members (excludes halogenated alkanes) is 4. The van der Waals surface area contributed by atoms with Crippen molar-refractivity contribution in [1.82, 2.24) is 9.80 Å². The maximum Gasteiger partial charge on any atom is 0.189 e. The molecule has 0 amide bonds. The van der Waals surface area contributed by atoms with Gasteiger partial charge in [-0.25, -0.2) is 0 Å². The Labute approximate surface area is 336 Å². The van der Waals surface area contributed by atoms with Crippen molar-refractivity contribution in [3.63, 3.8) is 0 Å². The lowest BCUT2D eigenvalue weighted by molar-refractivity contribution is -0.374. The third-order valence-electron chi connectivity index (χ3n) is 12.7. The summed E-state index contributed by atoms with van der Waals surface area (Å²) in [5.74, 6) is 1.95. The molecular formula is C44H88N2O9. The van der Waals surface area contributed by atoms with Gasteiger partial charge >= 0.3 is 0 Å². The van der Waals surface area contributed by atoms with Crippen molar-refractivity contribution in [1.29, 1.82) is 0 Å². The maximum atomic E-state index is 11.2. The number of aliphatic hydroxyl groups is 6. The summed E-state index contributed by atoms with van der Waals surface area (Å²) in [6.07, 6.45) is 4.12. The van der Waals surface area contributed by atoms with Gasteiger partial charge < -0.3 is 54.6 Å². The zero-order valence-electron chi connectivity index (χ0n) is 36.4. The molecule has 328 valence electrons. The Morgan fingerprint density at radius 2 is 0.691 bits per heavy atom. The second-order valence-electron chi connectivity index (χ2n) is 17.3. The van der Waals surface area contributed by atoms with Crippen molar-refractivity contribution in [3.05, 3.63) is 0 Å². The first-order valence-electron chi connectivity index (χ1n) is 22.9. The van der Waals surface area contributed by atoms with Gasteiger partial charge in [0.05, 0.1) is 0 Å². The van der Waals surface area contributed by atoms with Gasteiger partial charge in [0.15, 0.2) is 12.6 Å². The molecule has 2 saturated heterocycles. The minimum Gasteiger partial charge on any atom is -0.388 e. The van der Waals surface area contributed by atoms with Crippen LogP contribution < -0.4 is 0 Å². The van der Waals surface area contributed by atoms with E-state index in [0.29, 0.717) is 36.8 Å². The SMILES string of the molecule is CCCCC(CC)CN(CC(CC)CCCC)C[C@H]1O[C@H](O[C@H]2O[C@H](CN(CC(CC)CCCC)CC(CC)CCCC)[C@@H](O)[C@H](O)[C@H]2O)[C@H](O)[C@@H](O)[C@@H]1O. The number of hydrogen-bond acceptors (Lipinski definition) is 11. The van der Waals surface area contributed by atoms with Crippen LogP contribution in [0, 0.1) is 23.7 Å². The van der Waals surface area contributed by atoms with Crippen LogP contribution in [0.3, 0.4) is 0 Å². The summed E-state index contributed by atoms with van der Waals surface area (Å²) in [5, 5.41) is 66.9. The Morgan fingerprint density at radius 3 is 0.927 bits per heavy atom. The van der Waals surface area contributed by atoms with Gasteiger partial charge in [0.25, 0.3) is 0 Å². The van der Waals surface area contributed by atoms with E-state index < -0.39 is 61.4 Å². The number of rotatable bonds is 30. The lowest BCUT2D eigenvalue weighted by Gasteiger charge is -2.46. The summed E-state index contributed by atoms with van der Waals surface area (Å²) in [4.78, 5) is 4.71. The molecule has 0 aliphatic carbocycles. The number of hydrogen-bond donors (Lipinski definition) is 6. The highest BCUT2D eigenvalue weighted by Gasteiger charge is 2.50. The summed E-state index contributed by atoms with van der Waals surface area (Å²) >= 11 is 0. The Balaban J connectivity index is 2.30. The van der Waals surface area contributed by atoms with Crippen LogP contribution in [0.5, 0.6) is 0 Å². The van der Waals surface area contributed by atoms with E-state index in [2.05, 4.69) is 65.2 Å². The molecule has 55 heavy (non-hydrogen) atoms. The second-order valence-corrected chi connectivity index (χ2v) is 17.3. The lowest BCUT2D eigenvalue weighted by Crippen LogP contribution is -2.65. The first-order chi connectivity index (χ1) is 26.4. The molecule has 0 aromatic carbocycles. The van der Waals surface area contributed by atoms with E-state index in [1.165, 1.54) is 0 Å². The summed E-state index contributed by atoms with van der Waals surface area (Å²) < 4.78 is 18.7. The first kappa shape index (κ1) is 50.7. The van der Waals surface area contributed by atoms with Crippen molar-refractivity contribution in [3.8, 4) is 0 Å². The minimum absolute atomic E-state index is 0.344. The highest BCUT2D eigenvalue weighted by atomic mass is 16.8. The highest BCUT2D eigenvalue weighted by Crippen LogP contribution is 2.31. The van der Waals surface area contributed by atoms with E-state index in [-0.39, 0.29) is 0 Å².